The molecule has 0 spiro atoms. The van der Waals surface area contributed by atoms with Crippen LogP contribution in [0.3, 0.4) is 0 Å². The fraction of sp³-hybridized carbons (Fsp3) is 0.465. The van der Waals surface area contributed by atoms with Gasteiger partial charge >= 0.3 is 13.5 Å². The maximum atomic E-state index is 14.5. The molecule has 0 bridgehead atoms. The second-order valence-corrected chi connectivity index (χ2v) is 19.7. The minimum Gasteiger partial charge on any atom is -0.465 e. The van der Waals surface area contributed by atoms with Gasteiger partial charge in [-0.2, -0.15) is 0 Å². The highest BCUT2D eigenvalue weighted by atomic mass is 32.1. The Balaban J connectivity index is 0.972. The number of para-hydroxylation sites is 1. The molecule has 0 radical (unpaired) electrons. The summed E-state index contributed by atoms with van der Waals surface area (Å²) in [5, 5.41) is 6.81. The van der Waals surface area contributed by atoms with Gasteiger partial charge in [0.1, 0.15) is 23.9 Å². The Labute approximate surface area is 337 Å². The van der Waals surface area contributed by atoms with Gasteiger partial charge in [-0.15, -0.1) is 11.3 Å². The summed E-state index contributed by atoms with van der Waals surface area (Å²) in [4.78, 5) is 63.4. The van der Waals surface area contributed by atoms with Gasteiger partial charge in [0, 0.05) is 42.1 Å². The minimum absolute atomic E-state index is 0.00532. The number of esters is 1. The van der Waals surface area contributed by atoms with Crippen LogP contribution in [-0.4, -0.2) is 82.3 Å². The number of carbonyl (C=O) groups is 4. The average Bonchev–Trinajstić information content (AvgIpc) is 3.45. The summed E-state index contributed by atoms with van der Waals surface area (Å²) in [6.07, 6.45) is 8.09. The highest BCUT2D eigenvalue weighted by Gasteiger charge is 2.58. The number of amides is 3. The van der Waals surface area contributed by atoms with Crippen LogP contribution in [0.2, 0.25) is 0 Å². The lowest BCUT2D eigenvalue weighted by atomic mass is 9.90. The second kappa shape index (κ2) is 16.0. The maximum Gasteiger partial charge on any atom is 0.323 e. The van der Waals surface area contributed by atoms with E-state index in [4.69, 9.17) is 9.26 Å². The van der Waals surface area contributed by atoms with E-state index in [0.29, 0.717) is 54.5 Å². The summed E-state index contributed by atoms with van der Waals surface area (Å²) in [5.41, 5.74) is 1.90. The number of carbonyl (C=O) groups excluding carboxylic acids is 4. The van der Waals surface area contributed by atoms with Crippen molar-refractivity contribution in [2.45, 2.75) is 95.5 Å². The van der Waals surface area contributed by atoms with Crippen molar-refractivity contribution in [3.8, 4) is 5.75 Å². The number of benzene rings is 2. The summed E-state index contributed by atoms with van der Waals surface area (Å²) in [6, 6.07) is 18.0. The summed E-state index contributed by atoms with van der Waals surface area (Å²) in [7, 11) is -3.68. The predicted octanol–water partition coefficient (Wildman–Crippen LogP) is 6.90. The molecule has 2 aromatic carbocycles. The van der Waals surface area contributed by atoms with Gasteiger partial charge in [0.05, 0.1) is 17.6 Å². The normalized spacial score (nSPS) is 25.9. The number of thiophene rings is 1. The van der Waals surface area contributed by atoms with Crippen molar-refractivity contribution in [3.63, 3.8) is 0 Å². The molecule has 3 aliphatic heterocycles. The molecule has 2 aromatic heterocycles. The van der Waals surface area contributed by atoms with Crippen LogP contribution >= 0.6 is 18.9 Å². The Morgan fingerprint density at radius 2 is 1.86 bits per heavy atom. The first-order valence-corrected chi connectivity index (χ1v) is 22.7. The molecule has 7 atom stereocenters. The smallest absolute Gasteiger partial charge is 0.323 e. The first kappa shape index (κ1) is 39.3. The minimum atomic E-state index is -3.68. The molecule has 4 aromatic rings. The molecule has 5 heterocycles. The van der Waals surface area contributed by atoms with Crippen molar-refractivity contribution in [3.05, 3.63) is 95.1 Å². The van der Waals surface area contributed by atoms with Crippen LogP contribution in [0.4, 0.5) is 0 Å². The molecule has 14 heteroatoms. The zero-order valence-corrected chi connectivity index (χ0v) is 34.3. The molecule has 12 nitrogen and oxygen atoms in total. The lowest BCUT2D eigenvalue weighted by molar-refractivity contribution is -0.150. The van der Waals surface area contributed by atoms with Gasteiger partial charge in [-0.1, -0.05) is 44.2 Å². The van der Waals surface area contributed by atoms with Gasteiger partial charge < -0.3 is 24.4 Å². The number of likely N-dealkylation sites (tertiary alicyclic amines) is 1. The summed E-state index contributed by atoms with van der Waals surface area (Å²) < 4.78 is 26.5. The Kier molecular flexibility index (Phi) is 11.0. The van der Waals surface area contributed by atoms with Crippen LogP contribution in [-0.2, 0) is 29.8 Å². The molecular weight excluding hydrogens is 762 g/mol. The number of rotatable bonds is 13. The third-order valence-electron chi connectivity index (χ3n) is 12.1. The fourth-order valence-electron chi connectivity index (χ4n) is 8.91. The van der Waals surface area contributed by atoms with E-state index in [2.05, 4.69) is 22.3 Å². The third kappa shape index (κ3) is 8.38. The van der Waals surface area contributed by atoms with Crippen molar-refractivity contribution in [2.24, 2.45) is 11.3 Å². The quantitative estimate of drug-likeness (QED) is 0.109. The van der Waals surface area contributed by atoms with Crippen LogP contribution in [0.15, 0.2) is 79.1 Å². The number of pyridine rings is 1. The SMILES string of the molecule is CCCOC(=O)[C@@H](C)NP(=O)(Cc1ccc2sc(C(=O)N[C@H]3C[C@@H]4C[C@]4(C)C[C@H]4CC[C@@H](C(=O)N5CC(c6cccnc6)C5)N4C3=O)cc2c1)Oc1ccccc1. The molecule has 300 valence electrons. The van der Waals surface area contributed by atoms with Gasteiger partial charge in [0.2, 0.25) is 11.8 Å². The molecule has 1 saturated carbocycles. The zero-order valence-electron chi connectivity index (χ0n) is 32.6. The van der Waals surface area contributed by atoms with Crippen LogP contribution in [0.25, 0.3) is 10.1 Å². The van der Waals surface area contributed by atoms with Gasteiger partial charge in [-0.3, -0.25) is 28.7 Å². The number of hydrogen-bond donors (Lipinski definition) is 2. The summed E-state index contributed by atoms with van der Waals surface area (Å²) >= 11 is 1.32. The number of nitrogens with zero attached hydrogens (tertiary/aromatic N) is 3. The van der Waals surface area contributed by atoms with Crippen molar-refractivity contribution < 1.29 is 33.0 Å². The Morgan fingerprint density at radius 1 is 1.05 bits per heavy atom. The average molecular weight is 812 g/mol. The third-order valence-corrected chi connectivity index (χ3v) is 15.3. The van der Waals surface area contributed by atoms with E-state index in [0.717, 1.165) is 34.9 Å². The molecule has 3 amide bonds. The van der Waals surface area contributed by atoms with Crippen LogP contribution in [0, 0.1) is 11.3 Å². The number of ether oxygens (including phenoxy) is 1. The Bertz CT molecular complexity index is 2200. The summed E-state index contributed by atoms with van der Waals surface area (Å²) in [5.74, 6) is -0.0390. The van der Waals surface area contributed by atoms with Gasteiger partial charge in [-0.25, -0.2) is 5.09 Å². The molecule has 3 saturated heterocycles. The van der Waals surface area contributed by atoms with Crippen molar-refractivity contribution in [1.82, 2.24) is 25.2 Å². The lowest BCUT2D eigenvalue weighted by Gasteiger charge is -2.43. The van der Waals surface area contributed by atoms with E-state index in [1.165, 1.54) is 11.3 Å². The van der Waals surface area contributed by atoms with E-state index in [1.54, 1.807) is 43.5 Å². The Hall–Kier alpha value is -4.58. The van der Waals surface area contributed by atoms with Crippen LogP contribution in [0.5, 0.6) is 5.75 Å². The van der Waals surface area contributed by atoms with Gasteiger partial charge in [-0.05, 0) is 110 Å². The molecular formula is C43H50N5O7PS. The van der Waals surface area contributed by atoms with Crippen LogP contribution in [0.1, 0.15) is 86.0 Å². The van der Waals surface area contributed by atoms with Crippen molar-refractivity contribution in [1.29, 1.82) is 0 Å². The fourth-order valence-corrected chi connectivity index (χ4v) is 11.9. The van der Waals surface area contributed by atoms with E-state index >= 15 is 0 Å². The number of nitrogens with one attached hydrogen (secondary N) is 2. The molecule has 1 unspecified atom stereocenters. The van der Waals surface area contributed by atoms with E-state index in [-0.39, 0.29) is 47.9 Å². The number of aromatic nitrogens is 1. The Morgan fingerprint density at radius 3 is 2.61 bits per heavy atom. The maximum absolute atomic E-state index is 14.5. The van der Waals surface area contributed by atoms with Gasteiger partial charge in [0.15, 0.2) is 0 Å². The molecule has 4 aliphatic rings. The first-order chi connectivity index (χ1) is 27.4. The van der Waals surface area contributed by atoms with Crippen molar-refractivity contribution >= 4 is 52.6 Å². The highest BCUT2D eigenvalue weighted by molar-refractivity contribution is 7.56. The van der Waals surface area contributed by atoms with E-state index in [1.807, 2.05) is 59.3 Å². The number of fused-ring (bicyclic) bond motifs is 3. The topological polar surface area (TPSA) is 147 Å². The van der Waals surface area contributed by atoms with E-state index in [9.17, 15) is 23.7 Å². The standard InChI is InChI=1S/C43H50N5O7PS/c1-4-17-54-42(52)27(2)46-56(53,55-34-10-6-5-7-11-34)26-28-12-15-37-30(18-28)19-38(57-37)39(49)45-35-20-32-21-43(32,3)22-33-13-14-36(48(33)40(35)50)41(51)47-24-31(25-47)29-9-8-16-44-23-29/h5-12,15-16,18-19,23,27,31-33,35-36H,4,13-14,17,20-22,24-26H2,1-3H3,(H,45,49)(H,46,53)/t27-,32-,33-,35+,36+,43-,56?/m1/s1. The zero-order chi connectivity index (χ0) is 39.9. The predicted molar refractivity (Wildman–Crippen MR) is 218 cm³/mol. The molecule has 8 rings (SSSR count). The van der Waals surface area contributed by atoms with Crippen LogP contribution < -0.4 is 14.9 Å². The molecule has 57 heavy (non-hydrogen) atoms. The molecule has 1 aliphatic carbocycles. The van der Waals surface area contributed by atoms with E-state index < -0.39 is 31.6 Å². The molecule has 2 N–H and O–H groups in total. The molecule has 4 fully saturated rings. The largest absolute Gasteiger partial charge is 0.465 e. The number of hydrogen-bond acceptors (Lipinski definition) is 9. The lowest BCUT2D eigenvalue weighted by Crippen LogP contribution is -2.60. The van der Waals surface area contributed by atoms with Crippen molar-refractivity contribution in [2.75, 3.05) is 19.7 Å². The van der Waals surface area contributed by atoms with Gasteiger partial charge in [0.25, 0.3) is 5.91 Å². The first-order valence-electron chi connectivity index (χ1n) is 20.0. The second-order valence-electron chi connectivity index (χ2n) is 16.5. The highest BCUT2D eigenvalue weighted by Crippen LogP contribution is 2.60. The monoisotopic (exact) mass is 811 g/mol. The summed E-state index contributed by atoms with van der Waals surface area (Å²) in [6.45, 7) is 7.27.